The molecule has 0 amide bonds. The van der Waals surface area contributed by atoms with Gasteiger partial charge in [-0.05, 0) is 30.7 Å². The van der Waals surface area contributed by atoms with Crippen molar-refractivity contribution < 1.29 is 13.9 Å². The van der Waals surface area contributed by atoms with Crippen molar-refractivity contribution in [1.29, 1.82) is 0 Å². The van der Waals surface area contributed by atoms with Gasteiger partial charge in [-0.3, -0.25) is 0 Å². The number of para-hydroxylation sites is 1. The number of fused-ring (bicyclic) bond motifs is 3. The second-order valence-corrected chi connectivity index (χ2v) is 5.84. The van der Waals surface area contributed by atoms with Gasteiger partial charge in [0.1, 0.15) is 11.6 Å². The van der Waals surface area contributed by atoms with Crippen LogP contribution < -0.4 is 10.1 Å². The lowest BCUT2D eigenvalue weighted by atomic mass is 9.81. The number of hydrogen-bond donors (Lipinski definition) is 1. The molecule has 0 saturated carbocycles. The predicted molar refractivity (Wildman–Crippen MR) is 82.6 cm³/mol. The summed E-state index contributed by atoms with van der Waals surface area (Å²) in [6.45, 7) is 0.707. The number of ether oxygens (including phenoxy) is 2. The number of nitrogens with one attached hydrogen (secondary N) is 1. The van der Waals surface area contributed by atoms with Crippen molar-refractivity contribution >= 4 is 5.69 Å². The number of halogens is 1. The SMILES string of the molecule is COc1ccccc1[C@@H]1Nc2ccc(F)cc2[C@@H]2OCC[C@H]12. The Morgan fingerprint density at radius 3 is 2.91 bits per heavy atom. The zero-order valence-electron chi connectivity index (χ0n) is 12.4. The molecule has 4 heteroatoms. The molecule has 0 unspecified atom stereocenters. The number of rotatable bonds is 2. The summed E-state index contributed by atoms with van der Waals surface area (Å²) in [4.78, 5) is 0. The molecule has 2 aliphatic heterocycles. The first-order chi connectivity index (χ1) is 10.8. The highest BCUT2D eigenvalue weighted by atomic mass is 19.1. The molecule has 1 fully saturated rings. The molecule has 2 heterocycles. The third-order valence-electron chi connectivity index (χ3n) is 4.67. The summed E-state index contributed by atoms with van der Waals surface area (Å²) in [7, 11) is 1.69. The Kier molecular flexibility index (Phi) is 3.26. The van der Waals surface area contributed by atoms with Crippen LogP contribution in [-0.4, -0.2) is 13.7 Å². The second kappa shape index (κ2) is 5.29. The molecule has 22 heavy (non-hydrogen) atoms. The Balaban J connectivity index is 1.80. The van der Waals surface area contributed by atoms with E-state index in [9.17, 15) is 4.39 Å². The van der Waals surface area contributed by atoms with Crippen molar-refractivity contribution in [2.75, 3.05) is 19.0 Å². The molecule has 2 aromatic carbocycles. The fraction of sp³-hybridized carbons (Fsp3) is 0.333. The van der Waals surface area contributed by atoms with Gasteiger partial charge < -0.3 is 14.8 Å². The smallest absolute Gasteiger partial charge is 0.124 e. The lowest BCUT2D eigenvalue weighted by Gasteiger charge is -2.37. The van der Waals surface area contributed by atoms with E-state index in [1.165, 1.54) is 6.07 Å². The van der Waals surface area contributed by atoms with E-state index in [1.54, 1.807) is 19.2 Å². The molecular weight excluding hydrogens is 281 g/mol. The zero-order valence-corrected chi connectivity index (χ0v) is 12.4. The van der Waals surface area contributed by atoms with Crippen LogP contribution in [0.5, 0.6) is 5.75 Å². The normalized spacial score (nSPS) is 26.0. The van der Waals surface area contributed by atoms with Crippen LogP contribution >= 0.6 is 0 Å². The molecule has 2 aromatic rings. The first-order valence-corrected chi connectivity index (χ1v) is 7.58. The maximum atomic E-state index is 13.6. The van der Waals surface area contributed by atoms with E-state index in [0.29, 0.717) is 6.61 Å². The highest BCUT2D eigenvalue weighted by Gasteiger charge is 2.42. The third kappa shape index (κ3) is 2.06. The lowest BCUT2D eigenvalue weighted by Crippen LogP contribution is -2.29. The van der Waals surface area contributed by atoms with Gasteiger partial charge in [0.05, 0.1) is 19.3 Å². The van der Waals surface area contributed by atoms with Crippen LogP contribution in [0.25, 0.3) is 0 Å². The molecule has 4 rings (SSSR count). The van der Waals surface area contributed by atoms with E-state index >= 15 is 0 Å². The van der Waals surface area contributed by atoms with Gasteiger partial charge in [0.2, 0.25) is 0 Å². The van der Waals surface area contributed by atoms with Crippen LogP contribution in [0.4, 0.5) is 10.1 Å². The summed E-state index contributed by atoms with van der Waals surface area (Å²) in [5.41, 5.74) is 2.99. The molecule has 2 aliphatic rings. The molecule has 0 aliphatic carbocycles. The van der Waals surface area contributed by atoms with Crippen LogP contribution in [0.1, 0.15) is 29.7 Å². The topological polar surface area (TPSA) is 30.5 Å². The minimum atomic E-state index is -0.217. The van der Waals surface area contributed by atoms with Crippen molar-refractivity contribution in [1.82, 2.24) is 0 Å². The number of benzene rings is 2. The zero-order chi connectivity index (χ0) is 15.1. The Morgan fingerprint density at radius 1 is 1.18 bits per heavy atom. The maximum Gasteiger partial charge on any atom is 0.124 e. The highest BCUT2D eigenvalue weighted by Crippen LogP contribution is 2.51. The first-order valence-electron chi connectivity index (χ1n) is 7.58. The summed E-state index contributed by atoms with van der Waals surface area (Å²) in [5, 5.41) is 3.56. The van der Waals surface area contributed by atoms with Crippen LogP contribution in [0.15, 0.2) is 42.5 Å². The average Bonchev–Trinajstić information content (AvgIpc) is 3.04. The van der Waals surface area contributed by atoms with Gasteiger partial charge in [0, 0.05) is 29.3 Å². The quantitative estimate of drug-likeness (QED) is 0.906. The fourth-order valence-electron chi connectivity index (χ4n) is 3.67. The number of methoxy groups -OCH3 is 1. The van der Waals surface area contributed by atoms with Crippen molar-refractivity contribution in [3.8, 4) is 5.75 Å². The van der Waals surface area contributed by atoms with E-state index in [0.717, 1.165) is 29.0 Å². The van der Waals surface area contributed by atoms with Crippen LogP contribution in [0.2, 0.25) is 0 Å². The Labute approximate surface area is 129 Å². The standard InChI is InChI=1S/C18H18FNO2/c1-21-16-5-3-2-4-12(16)17-13-8-9-22-18(13)14-10-11(19)6-7-15(14)20-17/h2-7,10,13,17-18,20H,8-9H2,1H3/t13-,17+,18-/m1/s1. The van der Waals surface area contributed by atoms with Gasteiger partial charge in [0.15, 0.2) is 0 Å². The fourth-order valence-corrected chi connectivity index (χ4v) is 3.67. The molecule has 0 aromatic heterocycles. The molecule has 114 valence electrons. The molecule has 1 saturated heterocycles. The van der Waals surface area contributed by atoms with Crippen molar-refractivity contribution in [3.05, 3.63) is 59.4 Å². The van der Waals surface area contributed by atoms with E-state index in [-0.39, 0.29) is 23.9 Å². The van der Waals surface area contributed by atoms with E-state index < -0.39 is 0 Å². The average molecular weight is 299 g/mol. The first kappa shape index (κ1) is 13.6. The van der Waals surface area contributed by atoms with Gasteiger partial charge in [-0.25, -0.2) is 4.39 Å². The van der Waals surface area contributed by atoms with Crippen LogP contribution in [-0.2, 0) is 4.74 Å². The largest absolute Gasteiger partial charge is 0.496 e. The number of hydrogen-bond acceptors (Lipinski definition) is 3. The van der Waals surface area contributed by atoms with Gasteiger partial charge >= 0.3 is 0 Å². The summed E-state index contributed by atoms with van der Waals surface area (Å²) >= 11 is 0. The molecular formula is C18H18FNO2. The molecule has 3 atom stereocenters. The highest BCUT2D eigenvalue weighted by molar-refractivity contribution is 5.58. The summed E-state index contributed by atoms with van der Waals surface area (Å²) < 4.78 is 25.0. The Bertz CT molecular complexity index is 703. The minimum absolute atomic E-state index is 0.0538. The van der Waals surface area contributed by atoms with Gasteiger partial charge in [-0.2, -0.15) is 0 Å². The minimum Gasteiger partial charge on any atom is -0.496 e. The summed E-state index contributed by atoms with van der Waals surface area (Å²) in [6.07, 6.45) is 0.901. The lowest BCUT2D eigenvalue weighted by molar-refractivity contribution is 0.0824. The second-order valence-electron chi connectivity index (χ2n) is 5.84. The molecule has 0 radical (unpaired) electrons. The van der Waals surface area contributed by atoms with Gasteiger partial charge in [-0.15, -0.1) is 0 Å². The molecule has 0 bridgehead atoms. The van der Waals surface area contributed by atoms with Crippen molar-refractivity contribution in [2.24, 2.45) is 5.92 Å². The predicted octanol–water partition coefficient (Wildman–Crippen LogP) is 4.08. The van der Waals surface area contributed by atoms with Crippen molar-refractivity contribution in [2.45, 2.75) is 18.6 Å². The third-order valence-corrected chi connectivity index (χ3v) is 4.67. The van der Waals surface area contributed by atoms with E-state index in [4.69, 9.17) is 9.47 Å². The molecule has 1 N–H and O–H groups in total. The Morgan fingerprint density at radius 2 is 2.05 bits per heavy atom. The summed E-state index contributed by atoms with van der Waals surface area (Å²) in [6, 6.07) is 13.0. The molecule has 0 spiro atoms. The van der Waals surface area contributed by atoms with E-state index in [2.05, 4.69) is 11.4 Å². The van der Waals surface area contributed by atoms with Crippen molar-refractivity contribution in [3.63, 3.8) is 0 Å². The maximum absolute atomic E-state index is 13.6. The van der Waals surface area contributed by atoms with Crippen LogP contribution in [0.3, 0.4) is 0 Å². The Hall–Kier alpha value is -2.07. The molecule has 3 nitrogen and oxygen atoms in total. The monoisotopic (exact) mass is 299 g/mol. The van der Waals surface area contributed by atoms with Gasteiger partial charge in [-0.1, -0.05) is 18.2 Å². The summed E-state index contributed by atoms with van der Waals surface area (Å²) in [5.74, 6) is 0.937. The number of anilines is 1. The van der Waals surface area contributed by atoms with Gasteiger partial charge in [0.25, 0.3) is 0 Å². The van der Waals surface area contributed by atoms with E-state index in [1.807, 2.05) is 18.2 Å². The van der Waals surface area contributed by atoms with Crippen LogP contribution in [0, 0.1) is 11.7 Å².